The predicted molar refractivity (Wildman–Crippen MR) is 160 cm³/mol. The van der Waals surface area contributed by atoms with Crippen molar-refractivity contribution in [1.29, 1.82) is 0 Å². The highest BCUT2D eigenvalue weighted by Gasteiger charge is 2.07. The van der Waals surface area contributed by atoms with Gasteiger partial charge < -0.3 is 0 Å². The molecule has 0 bridgehead atoms. The molecule has 0 fully saturated rings. The first-order chi connectivity index (χ1) is 16.9. The highest BCUT2D eigenvalue weighted by molar-refractivity contribution is 7.20. The van der Waals surface area contributed by atoms with E-state index in [4.69, 9.17) is 0 Å². The second-order valence-corrected chi connectivity index (χ2v) is 12.5. The maximum atomic E-state index is 2.33. The molecule has 0 amide bonds. The van der Waals surface area contributed by atoms with Gasteiger partial charge in [0, 0.05) is 20.2 Å². The minimum absolute atomic E-state index is 1.26. The molecule has 4 heterocycles. The Bertz CT molecular complexity index is 913. The van der Waals surface area contributed by atoms with Crippen molar-refractivity contribution in [2.24, 2.45) is 0 Å². The summed E-state index contributed by atoms with van der Waals surface area (Å²) in [5, 5.41) is 10.8. The number of thiophene rings is 4. The molecule has 4 aromatic rings. The van der Waals surface area contributed by atoms with E-state index in [0.29, 0.717) is 0 Å². The molecule has 4 heteroatoms. The van der Waals surface area contributed by atoms with Crippen LogP contribution in [-0.4, -0.2) is 0 Å². The number of aryl methyl sites for hydroxylation is 1. The van der Waals surface area contributed by atoms with Crippen LogP contribution in [0.25, 0.3) is 20.2 Å². The molecule has 0 atom stereocenters. The van der Waals surface area contributed by atoms with Crippen molar-refractivity contribution >= 4 is 45.3 Å². The van der Waals surface area contributed by atoms with Gasteiger partial charge in [-0.1, -0.05) is 89.7 Å². The van der Waals surface area contributed by atoms with E-state index in [-0.39, 0.29) is 0 Å². The third kappa shape index (κ3) is 10.2. The van der Waals surface area contributed by atoms with Gasteiger partial charge in [0.15, 0.2) is 0 Å². The molecule has 0 aliphatic heterocycles. The first kappa shape index (κ1) is 27.4. The normalized spacial score (nSPS) is 10.9. The summed E-state index contributed by atoms with van der Waals surface area (Å²) in [7, 11) is 0. The second-order valence-electron chi connectivity index (χ2n) is 8.88. The van der Waals surface area contributed by atoms with Crippen molar-refractivity contribution in [3.8, 4) is 20.2 Å². The number of rotatable bonds is 15. The van der Waals surface area contributed by atoms with Crippen molar-refractivity contribution < 1.29 is 0 Å². The average molecular weight is 529 g/mol. The van der Waals surface area contributed by atoms with E-state index in [2.05, 4.69) is 70.2 Å². The average Bonchev–Trinajstić information content (AvgIpc) is 3.66. The first-order valence-corrected chi connectivity index (χ1v) is 16.6. The van der Waals surface area contributed by atoms with Crippen LogP contribution in [0.15, 0.2) is 63.3 Å². The lowest BCUT2D eigenvalue weighted by molar-refractivity contribution is 0.544. The second kappa shape index (κ2) is 17.3. The molecule has 0 saturated heterocycles. The van der Waals surface area contributed by atoms with Gasteiger partial charge in [0.05, 0.1) is 0 Å². The molecule has 0 radical (unpaired) electrons. The lowest BCUT2D eigenvalue weighted by atomic mass is 10.0. The summed E-state index contributed by atoms with van der Waals surface area (Å²) in [5.74, 6) is 0. The number of hydrogen-bond acceptors (Lipinski definition) is 4. The molecule has 0 N–H and O–H groups in total. The Morgan fingerprint density at radius 2 is 1.18 bits per heavy atom. The van der Waals surface area contributed by atoms with Gasteiger partial charge in [-0.25, -0.2) is 0 Å². The van der Waals surface area contributed by atoms with Crippen LogP contribution in [0.2, 0.25) is 0 Å². The van der Waals surface area contributed by atoms with Crippen LogP contribution < -0.4 is 0 Å². The highest BCUT2D eigenvalue weighted by Crippen LogP contribution is 2.34. The zero-order valence-electron chi connectivity index (χ0n) is 20.7. The summed E-state index contributed by atoms with van der Waals surface area (Å²) in [6.45, 7) is 2.29. The molecule has 0 aromatic carbocycles. The Labute approximate surface area is 223 Å². The van der Waals surface area contributed by atoms with Crippen LogP contribution in [0, 0.1) is 0 Å². The minimum Gasteiger partial charge on any atom is -0.152 e. The van der Waals surface area contributed by atoms with Crippen molar-refractivity contribution in [3.63, 3.8) is 0 Å². The molecule has 0 spiro atoms. The maximum absolute atomic E-state index is 2.33. The van der Waals surface area contributed by atoms with Gasteiger partial charge in [-0.2, -0.15) is 11.3 Å². The third-order valence-corrected chi connectivity index (χ3v) is 9.73. The Morgan fingerprint density at radius 1 is 0.559 bits per heavy atom. The summed E-state index contributed by atoms with van der Waals surface area (Å²) in [6.07, 6.45) is 18.4. The monoisotopic (exact) mass is 528 g/mol. The predicted octanol–water partition coefficient (Wildman–Crippen LogP) is 12.2. The summed E-state index contributed by atoms with van der Waals surface area (Å²) < 4.78 is 0. The van der Waals surface area contributed by atoms with Crippen molar-refractivity contribution in [2.75, 3.05) is 0 Å². The molecule has 0 aliphatic rings. The van der Waals surface area contributed by atoms with E-state index >= 15 is 0 Å². The van der Waals surface area contributed by atoms with E-state index in [1.807, 2.05) is 22.7 Å². The quantitative estimate of drug-likeness (QED) is 0.135. The molecule has 0 unspecified atom stereocenters. The molecule has 0 saturated carbocycles. The molecule has 0 nitrogen and oxygen atoms in total. The highest BCUT2D eigenvalue weighted by atomic mass is 32.1. The topological polar surface area (TPSA) is 0 Å². The summed E-state index contributed by atoms with van der Waals surface area (Å²) >= 11 is 7.30. The Kier molecular flexibility index (Phi) is 13.9. The molecule has 184 valence electrons. The van der Waals surface area contributed by atoms with E-state index in [1.165, 1.54) is 104 Å². The Hall–Kier alpha value is -1.20. The minimum atomic E-state index is 1.26. The Morgan fingerprint density at radius 3 is 1.74 bits per heavy atom. The van der Waals surface area contributed by atoms with Gasteiger partial charge in [-0.05, 0) is 69.6 Å². The van der Waals surface area contributed by atoms with Crippen LogP contribution >= 0.6 is 45.3 Å². The summed E-state index contributed by atoms with van der Waals surface area (Å²) in [4.78, 5) is 4.31. The molecular formula is C30H40S4. The van der Waals surface area contributed by atoms with Crippen LogP contribution in [-0.2, 0) is 6.42 Å². The van der Waals surface area contributed by atoms with Gasteiger partial charge in [0.2, 0.25) is 0 Å². The summed E-state index contributed by atoms with van der Waals surface area (Å²) in [5.41, 5.74) is 2.91. The van der Waals surface area contributed by atoms with E-state index < -0.39 is 0 Å². The lowest BCUT2D eigenvalue weighted by Gasteiger charge is -2.04. The number of unbranched alkanes of at least 4 members (excludes halogenated alkanes) is 11. The van der Waals surface area contributed by atoms with E-state index in [9.17, 15) is 0 Å². The van der Waals surface area contributed by atoms with Crippen LogP contribution in [0.1, 0.15) is 89.5 Å². The van der Waals surface area contributed by atoms with Gasteiger partial charge in [0.25, 0.3) is 0 Å². The number of hydrogen-bond donors (Lipinski definition) is 0. The standard InChI is InChI=1S/C22H34S2.C8H6S2/c1-2-3-4-5-6-7-8-9-10-11-12-13-15-20-17-19-24-22(20)21-16-14-18-23-21;1-2-8(10-4-1)7-3-5-9-6-7/h14,16-19H,2-13,15H2,1H3;1-6H. The molecule has 4 rings (SSSR count). The fraction of sp³-hybridized carbons (Fsp3) is 0.467. The zero-order valence-corrected chi connectivity index (χ0v) is 23.9. The third-order valence-electron chi connectivity index (χ3n) is 6.12. The van der Waals surface area contributed by atoms with Crippen LogP contribution in [0.3, 0.4) is 0 Å². The fourth-order valence-electron chi connectivity index (χ4n) is 4.16. The van der Waals surface area contributed by atoms with Crippen molar-refractivity contribution in [1.82, 2.24) is 0 Å². The van der Waals surface area contributed by atoms with E-state index in [1.54, 1.807) is 28.2 Å². The van der Waals surface area contributed by atoms with Crippen molar-refractivity contribution in [3.05, 3.63) is 68.9 Å². The SMILES string of the molecule is CCCCCCCCCCCCCCc1ccsc1-c1cccs1.c1csc(-c2ccsc2)c1. The van der Waals surface area contributed by atoms with Gasteiger partial charge >= 0.3 is 0 Å². The Balaban J connectivity index is 0.000000266. The lowest BCUT2D eigenvalue weighted by Crippen LogP contribution is -1.86. The maximum Gasteiger partial charge on any atom is 0.0474 e. The van der Waals surface area contributed by atoms with Gasteiger partial charge in [-0.3, -0.25) is 0 Å². The van der Waals surface area contributed by atoms with E-state index in [0.717, 1.165) is 0 Å². The first-order valence-electron chi connectivity index (χ1n) is 13.0. The largest absolute Gasteiger partial charge is 0.152 e. The molecule has 0 aliphatic carbocycles. The van der Waals surface area contributed by atoms with Crippen LogP contribution in [0.4, 0.5) is 0 Å². The van der Waals surface area contributed by atoms with Crippen LogP contribution in [0.5, 0.6) is 0 Å². The van der Waals surface area contributed by atoms with Gasteiger partial charge in [0.1, 0.15) is 0 Å². The van der Waals surface area contributed by atoms with Crippen molar-refractivity contribution in [2.45, 2.75) is 90.4 Å². The molecule has 34 heavy (non-hydrogen) atoms. The zero-order chi connectivity index (χ0) is 23.7. The summed E-state index contributed by atoms with van der Waals surface area (Å²) in [6, 6.07) is 13.1. The van der Waals surface area contributed by atoms with Gasteiger partial charge in [-0.15, -0.1) is 34.0 Å². The fourth-order valence-corrected chi connectivity index (χ4v) is 7.48. The molecule has 4 aromatic heterocycles. The molecular weight excluding hydrogens is 489 g/mol. The smallest absolute Gasteiger partial charge is 0.0474 e.